The molecule has 96 valence electrons. The molecule has 4 aromatic heterocycles. The van der Waals surface area contributed by atoms with Crippen LogP contribution in [0.25, 0.3) is 33.7 Å². The summed E-state index contributed by atoms with van der Waals surface area (Å²) < 4.78 is 5.38. The Morgan fingerprint density at radius 1 is 1.10 bits per heavy atom. The molecule has 0 aliphatic heterocycles. The quantitative estimate of drug-likeness (QED) is 0.601. The molecule has 6 nitrogen and oxygen atoms in total. The number of aromatic amines is 1. The summed E-state index contributed by atoms with van der Waals surface area (Å²) in [6.07, 6.45) is 8.15. The van der Waals surface area contributed by atoms with Gasteiger partial charge in [-0.3, -0.25) is 4.98 Å². The lowest BCUT2D eigenvalue weighted by Crippen LogP contribution is -1.90. The van der Waals surface area contributed by atoms with Crippen LogP contribution < -0.4 is 0 Å². The Hall–Kier alpha value is -3.02. The van der Waals surface area contributed by atoms with Crippen LogP contribution in [0.2, 0.25) is 0 Å². The van der Waals surface area contributed by atoms with Gasteiger partial charge in [-0.05, 0) is 23.8 Å². The summed E-state index contributed by atoms with van der Waals surface area (Å²) in [6.45, 7) is 0. The van der Waals surface area contributed by atoms with Crippen LogP contribution >= 0.6 is 0 Å². The van der Waals surface area contributed by atoms with Gasteiger partial charge in [-0.25, -0.2) is 15.0 Å². The van der Waals surface area contributed by atoms with Gasteiger partial charge in [-0.15, -0.1) is 0 Å². The van der Waals surface area contributed by atoms with E-state index in [9.17, 15) is 0 Å². The summed E-state index contributed by atoms with van der Waals surface area (Å²) in [5.74, 6) is 0.613. The number of hydrogen-bond acceptors (Lipinski definition) is 5. The molecule has 0 saturated carbocycles. The van der Waals surface area contributed by atoms with E-state index in [0.29, 0.717) is 17.1 Å². The molecule has 0 saturated heterocycles. The molecule has 0 unspecified atom stereocenters. The third-order valence-electron chi connectivity index (χ3n) is 3.07. The molecular weight excluding hydrogens is 254 g/mol. The molecule has 4 aromatic rings. The average molecular weight is 263 g/mol. The van der Waals surface area contributed by atoms with Crippen molar-refractivity contribution in [2.45, 2.75) is 0 Å². The summed E-state index contributed by atoms with van der Waals surface area (Å²) in [6, 6.07) is 5.86. The maximum Gasteiger partial charge on any atom is 0.181 e. The molecule has 0 fully saturated rings. The van der Waals surface area contributed by atoms with Gasteiger partial charge in [0.1, 0.15) is 5.69 Å². The minimum atomic E-state index is 0.613. The Bertz CT molecular complexity index is 852. The van der Waals surface area contributed by atoms with E-state index in [0.717, 1.165) is 16.6 Å². The van der Waals surface area contributed by atoms with Crippen LogP contribution in [-0.4, -0.2) is 24.9 Å². The van der Waals surface area contributed by atoms with Crippen LogP contribution in [0.3, 0.4) is 0 Å². The lowest BCUT2D eigenvalue weighted by atomic mass is 10.0. The fourth-order valence-corrected chi connectivity index (χ4v) is 2.14. The van der Waals surface area contributed by atoms with Crippen molar-refractivity contribution in [2.24, 2.45) is 0 Å². The molecule has 0 aliphatic rings. The van der Waals surface area contributed by atoms with Crippen LogP contribution in [0.1, 0.15) is 0 Å². The van der Waals surface area contributed by atoms with E-state index in [4.69, 9.17) is 4.42 Å². The Morgan fingerprint density at radius 2 is 2.00 bits per heavy atom. The lowest BCUT2D eigenvalue weighted by Gasteiger charge is -2.06. The SMILES string of the molecule is c1cc(-c2cc3[nH]cnc3nc2-c2cnco2)ccn1. The van der Waals surface area contributed by atoms with Crippen molar-refractivity contribution in [1.29, 1.82) is 0 Å². The number of rotatable bonds is 2. The largest absolute Gasteiger partial charge is 0.442 e. The second-order valence-corrected chi connectivity index (χ2v) is 4.26. The van der Waals surface area contributed by atoms with E-state index < -0.39 is 0 Å². The molecule has 20 heavy (non-hydrogen) atoms. The first-order chi connectivity index (χ1) is 9.92. The number of imidazole rings is 1. The minimum absolute atomic E-state index is 0.613. The molecule has 0 aromatic carbocycles. The van der Waals surface area contributed by atoms with Crippen LogP contribution in [0, 0.1) is 0 Å². The van der Waals surface area contributed by atoms with Gasteiger partial charge in [0.25, 0.3) is 0 Å². The monoisotopic (exact) mass is 263 g/mol. The van der Waals surface area contributed by atoms with Crippen molar-refractivity contribution in [3.63, 3.8) is 0 Å². The van der Waals surface area contributed by atoms with Crippen LogP contribution in [0.15, 0.2) is 53.9 Å². The molecular formula is C14H9N5O. The van der Waals surface area contributed by atoms with Crippen molar-refractivity contribution in [3.8, 4) is 22.6 Å². The number of fused-ring (bicyclic) bond motifs is 1. The van der Waals surface area contributed by atoms with Gasteiger partial charge in [0.05, 0.1) is 18.0 Å². The van der Waals surface area contributed by atoms with E-state index in [-0.39, 0.29) is 0 Å². The van der Waals surface area contributed by atoms with E-state index in [1.165, 1.54) is 6.39 Å². The Labute approximate surface area is 113 Å². The van der Waals surface area contributed by atoms with Crippen molar-refractivity contribution < 1.29 is 4.42 Å². The van der Waals surface area contributed by atoms with Gasteiger partial charge >= 0.3 is 0 Å². The molecule has 0 aliphatic carbocycles. The minimum Gasteiger partial charge on any atom is -0.442 e. The maximum atomic E-state index is 5.38. The standard InChI is InChI=1S/C14H9N5O/c1-3-15-4-2-9(1)10-5-11-14(18-7-17-11)19-13(10)12-6-16-8-20-12/h1-8H,(H,17,18,19). The zero-order chi connectivity index (χ0) is 13.4. The van der Waals surface area contributed by atoms with Crippen LogP contribution in [0.5, 0.6) is 0 Å². The van der Waals surface area contributed by atoms with Gasteiger partial charge in [0.15, 0.2) is 17.8 Å². The van der Waals surface area contributed by atoms with Crippen molar-refractivity contribution in [3.05, 3.63) is 49.5 Å². The number of H-pyrrole nitrogens is 1. The summed E-state index contributed by atoms with van der Waals surface area (Å²) in [5.41, 5.74) is 4.19. The maximum absolute atomic E-state index is 5.38. The van der Waals surface area contributed by atoms with Gasteiger partial charge in [0.2, 0.25) is 0 Å². The number of oxazole rings is 1. The van der Waals surface area contributed by atoms with Gasteiger partial charge in [-0.2, -0.15) is 0 Å². The van der Waals surface area contributed by atoms with E-state index in [1.807, 2.05) is 18.2 Å². The third-order valence-corrected chi connectivity index (χ3v) is 3.07. The van der Waals surface area contributed by atoms with E-state index in [1.54, 1.807) is 24.9 Å². The topological polar surface area (TPSA) is 80.5 Å². The summed E-state index contributed by atoms with van der Waals surface area (Å²) in [4.78, 5) is 19.8. The highest BCUT2D eigenvalue weighted by Crippen LogP contribution is 2.31. The molecule has 4 rings (SSSR count). The zero-order valence-corrected chi connectivity index (χ0v) is 10.3. The number of nitrogens with one attached hydrogen (secondary N) is 1. The molecule has 0 spiro atoms. The van der Waals surface area contributed by atoms with Crippen LogP contribution in [-0.2, 0) is 0 Å². The highest BCUT2D eigenvalue weighted by Gasteiger charge is 2.14. The Kier molecular flexibility index (Phi) is 2.32. The van der Waals surface area contributed by atoms with Gasteiger partial charge in [0, 0.05) is 18.0 Å². The van der Waals surface area contributed by atoms with Crippen molar-refractivity contribution in [2.75, 3.05) is 0 Å². The number of aromatic nitrogens is 5. The van der Waals surface area contributed by atoms with Gasteiger partial charge in [-0.1, -0.05) is 0 Å². The van der Waals surface area contributed by atoms with Crippen molar-refractivity contribution in [1.82, 2.24) is 24.9 Å². The molecule has 0 radical (unpaired) electrons. The Balaban J connectivity index is 2.04. The highest BCUT2D eigenvalue weighted by atomic mass is 16.3. The number of nitrogens with zero attached hydrogens (tertiary/aromatic N) is 4. The number of hydrogen-bond donors (Lipinski definition) is 1. The normalized spacial score (nSPS) is 11.0. The fraction of sp³-hybridized carbons (Fsp3) is 0. The van der Waals surface area contributed by atoms with Crippen LogP contribution in [0.4, 0.5) is 0 Å². The highest BCUT2D eigenvalue weighted by molar-refractivity contribution is 5.87. The fourth-order valence-electron chi connectivity index (χ4n) is 2.14. The van der Waals surface area contributed by atoms with E-state index in [2.05, 4.69) is 24.9 Å². The molecule has 1 N–H and O–H groups in total. The first-order valence-electron chi connectivity index (χ1n) is 6.05. The predicted octanol–water partition coefficient (Wildman–Crippen LogP) is 2.67. The van der Waals surface area contributed by atoms with E-state index >= 15 is 0 Å². The first kappa shape index (κ1) is 10.9. The molecule has 4 heterocycles. The molecule has 0 amide bonds. The smallest absolute Gasteiger partial charge is 0.181 e. The van der Waals surface area contributed by atoms with Gasteiger partial charge < -0.3 is 9.40 Å². The third kappa shape index (κ3) is 1.66. The summed E-state index contributed by atoms with van der Waals surface area (Å²) in [7, 11) is 0. The van der Waals surface area contributed by atoms with Crippen molar-refractivity contribution >= 4 is 11.2 Å². The molecule has 6 heteroatoms. The average Bonchev–Trinajstić information content (AvgIpc) is 3.17. The summed E-state index contributed by atoms with van der Waals surface area (Å²) in [5, 5.41) is 0. The number of pyridine rings is 2. The summed E-state index contributed by atoms with van der Waals surface area (Å²) >= 11 is 0. The second kappa shape index (κ2) is 4.27. The predicted molar refractivity (Wildman–Crippen MR) is 72.6 cm³/mol. The Morgan fingerprint density at radius 3 is 2.80 bits per heavy atom. The molecule has 0 bridgehead atoms. The lowest BCUT2D eigenvalue weighted by molar-refractivity contribution is 0.570. The zero-order valence-electron chi connectivity index (χ0n) is 10.3. The first-order valence-corrected chi connectivity index (χ1v) is 6.05. The molecule has 0 atom stereocenters. The second-order valence-electron chi connectivity index (χ2n) is 4.26.